The first-order valence-corrected chi connectivity index (χ1v) is 4.88. The second-order valence-electron chi connectivity index (χ2n) is 4.09. The zero-order chi connectivity index (χ0) is 10.9. The average molecular weight is 206 g/mol. The van der Waals surface area contributed by atoms with Gasteiger partial charge in [-0.2, -0.15) is 0 Å². The summed E-state index contributed by atoms with van der Waals surface area (Å²) >= 11 is 0. The molecule has 0 atom stereocenters. The van der Waals surface area contributed by atoms with Crippen molar-refractivity contribution in [2.45, 2.75) is 25.3 Å². The molecule has 1 aliphatic rings. The smallest absolute Gasteiger partial charge is 0.270 e. The molecule has 1 amide bonds. The molecule has 0 saturated heterocycles. The molecule has 0 bridgehead atoms. The molecule has 0 spiro atoms. The lowest BCUT2D eigenvalue weighted by atomic mass is 10.2. The third-order valence-electron chi connectivity index (χ3n) is 2.58. The fourth-order valence-corrected chi connectivity index (χ4v) is 1.26. The summed E-state index contributed by atoms with van der Waals surface area (Å²) in [5, 5.41) is 2.93. The zero-order valence-corrected chi connectivity index (χ0v) is 8.58. The SMILES string of the molecule is CC1(NC(=O)c2ccc(NN)cn2)CC1. The average Bonchev–Trinajstić information content (AvgIpc) is 2.96. The normalized spacial score (nSPS) is 16.9. The van der Waals surface area contributed by atoms with Crippen molar-refractivity contribution < 1.29 is 4.79 Å². The summed E-state index contributed by atoms with van der Waals surface area (Å²) in [6.07, 6.45) is 3.62. The molecule has 2 rings (SSSR count). The maximum Gasteiger partial charge on any atom is 0.270 e. The van der Waals surface area contributed by atoms with Gasteiger partial charge in [-0.05, 0) is 31.9 Å². The fraction of sp³-hybridized carbons (Fsp3) is 0.400. The predicted molar refractivity (Wildman–Crippen MR) is 57.2 cm³/mol. The Morgan fingerprint density at radius 3 is 2.73 bits per heavy atom. The van der Waals surface area contributed by atoms with E-state index in [2.05, 4.69) is 15.7 Å². The number of hydrazine groups is 1. The molecule has 0 radical (unpaired) electrons. The van der Waals surface area contributed by atoms with Crippen molar-refractivity contribution in [3.05, 3.63) is 24.0 Å². The van der Waals surface area contributed by atoms with Crippen molar-refractivity contribution in [3.63, 3.8) is 0 Å². The van der Waals surface area contributed by atoms with E-state index in [0.29, 0.717) is 11.4 Å². The highest BCUT2D eigenvalue weighted by molar-refractivity contribution is 5.93. The number of carbonyl (C=O) groups excluding carboxylic acids is 1. The Kier molecular flexibility index (Phi) is 2.32. The van der Waals surface area contributed by atoms with Crippen LogP contribution >= 0.6 is 0 Å². The van der Waals surface area contributed by atoms with E-state index in [0.717, 1.165) is 12.8 Å². The Morgan fingerprint density at radius 2 is 2.27 bits per heavy atom. The first-order valence-electron chi connectivity index (χ1n) is 4.88. The van der Waals surface area contributed by atoms with Crippen LogP contribution in [-0.2, 0) is 0 Å². The lowest BCUT2D eigenvalue weighted by Crippen LogP contribution is -2.34. The van der Waals surface area contributed by atoms with Crippen LogP contribution in [0.25, 0.3) is 0 Å². The van der Waals surface area contributed by atoms with Gasteiger partial charge in [0.25, 0.3) is 5.91 Å². The van der Waals surface area contributed by atoms with Crippen molar-refractivity contribution in [1.29, 1.82) is 0 Å². The molecule has 1 aromatic rings. The van der Waals surface area contributed by atoms with Crippen LogP contribution in [0.4, 0.5) is 5.69 Å². The number of nitrogens with two attached hydrogens (primary N) is 1. The molecule has 5 nitrogen and oxygen atoms in total. The summed E-state index contributed by atoms with van der Waals surface area (Å²) in [4.78, 5) is 15.7. The molecule has 4 N–H and O–H groups in total. The van der Waals surface area contributed by atoms with E-state index in [-0.39, 0.29) is 11.4 Å². The van der Waals surface area contributed by atoms with E-state index in [1.54, 1.807) is 12.1 Å². The fourth-order valence-electron chi connectivity index (χ4n) is 1.26. The maximum atomic E-state index is 11.7. The van der Waals surface area contributed by atoms with Gasteiger partial charge in [-0.25, -0.2) is 4.98 Å². The number of nitrogens with zero attached hydrogens (tertiary/aromatic N) is 1. The molecule has 1 heterocycles. The third kappa shape index (κ3) is 2.24. The minimum absolute atomic E-state index is 0.0104. The van der Waals surface area contributed by atoms with E-state index < -0.39 is 0 Å². The highest BCUT2D eigenvalue weighted by Crippen LogP contribution is 2.34. The van der Waals surface area contributed by atoms with Crippen LogP contribution in [0.5, 0.6) is 0 Å². The first-order chi connectivity index (χ1) is 7.13. The lowest BCUT2D eigenvalue weighted by molar-refractivity contribution is 0.0930. The quantitative estimate of drug-likeness (QED) is 0.501. The van der Waals surface area contributed by atoms with Crippen molar-refractivity contribution >= 4 is 11.6 Å². The van der Waals surface area contributed by atoms with Crippen molar-refractivity contribution in [3.8, 4) is 0 Å². The van der Waals surface area contributed by atoms with E-state index in [9.17, 15) is 4.79 Å². The second-order valence-corrected chi connectivity index (χ2v) is 4.09. The molecule has 15 heavy (non-hydrogen) atoms. The monoisotopic (exact) mass is 206 g/mol. The number of aromatic nitrogens is 1. The van der Waals surface area contributed by atoms with Crippen LogP contribution in [0, 0.1) is 0 Å². The summed E-state index contributed by atoms with van der Waals surface area (Å²) in [5.41, 5.74) is 3.55. The van der Waals surface area contributed by atoms with Crippen LogP contribution in [0.15, 0.2) is 18.3 Å². The second kappa shape index (κ2) is 3.51. The molecule has 1 fully saturated rings. The number of carbonyl (C=O) groups is 1. The molecule has 80 valence electrons. The Balaban J connectivity index is 2.05. The molecule has 0 aliphatic heterocycles. The summed E-state index contributed by atoms with van der Waals surface area (Å²) in [6, 6.07) is 3.37. The number of anilines is 1. The maximum absolute atomic E-state index is 11.7. The molecule has 1 aromatic heterocycles. The minimum Gasteiger partial charge on any atom is -0.346 e. The van der Waals surface area contributed by atoms with Gasteiger partial charge >= 0.3 is 0 Å². The molecule has 1 aliphatic carbocycles. The summed E-state index contributed by atoms with van der Waals surface area (Å²) in [7, 11) is 0. The topological polar surface area (TPSA) is 80.0 Å². The van der Waals surface area contributed by atoms with Gasteiger partial charge in [0.15, 0.2) is 0 Å². The van der Waals surface area contributed by atoms with Crippen molar-refractivity contribution in [2.75, 3.05) is 5.43 Å². The zero-order valence-electron chi connectivity index (χ0n) is 8.58. The first kappa shape index (κ1) is 9.92. The Labute approximate surface area is 88.0 Å². The van der Waals surface area contributed by atoms with Crippen LogP contribution < -0.4 is 16.6 Å². The van der Waals surface area contributed by atoms with Crippen LogP contribution in [0.2, 0.25) is 0 Å². The summed E-state index contributed by atoms with van der Waals surface area (Å²) in [6.45, 7) is 2.03. The van der Waals surface area contributed by atoms with Crippen LogP contribution in [-0.4, -0.2) is 16.4 Å². The van der Waals surface area contributed by atoms with Gasteiger partial charge in [0.05, 0.1) is 11.9 Å². The molecule has 0 unspecified atom stereocenters. The van der Waals surface area contributed by atoms with Gasteiger partial charge in [0.1, 0.15) is 5.69 Å². The summed E-state index contributed by atoms with van der Waals surface area (Å²) < 4.78 is 0. The van der Waals surface area contributed by atoms with E-state index in [1.165, 1.54) is 6.20 Å². The Hall–Kier alpha value is -1.62. The highest BCUT2D eigenvalue weighted by atomic mass is 16.2. The van der Waals surface area contributed by atoms with E-state index in [4.69, 9.17) is 5.84 Å². The number of hydrogen-bond donors (Lipinski definition) is 3. The number of pyridine rings is 1. The van der Waals surface area contributed by atoms with Gasteiger partial charge in [0, 0.05) is 5.54 Å². The van der Waals surface area contributed by atoms with E-state index >= 15 is 0 Å². The number of rotatable bonds is 3. The standard InChI is InChI=1S/C10H14N4O/c1-10(4-5-10)13-9(15)8-3-2-7(14-11)6-12-8/h2-3,6,14H,4-5,11H2,1H3,(H,13,15). The number of nitrogens with one attached hydrogen (secondary N) is 2. The van der Waals surface area contributed by atoms with Crippen LogP contribution in [0.3, 0.4) is 0 Å². The van der Waals surface area contributed by atoms with Crippen LogP contribution in [0.1, 0.15) is 30.3 Å². The highest BCUT2D eigenvalue weighted by Gasteiger charge is 2.38. The van der Waals surface area contributed by atoms with Gasteiger partial charge in [-0.3, -0.25) is 10.6 Å². The Bertz CT molecular complexity index is 370. The number of amides is 1. The van der Waals surface area contributed by atoms with Gasteiger partial charge in [0.2, 0.25) is 0 Å². The van der Waals surface area contributed by atoms with E-state index in [1.807, 2.05) is 6.92 Å². The minimum atomic E-state index is -0.126. The number of hydrogen-bond acceptors (Lipinski definition) is 4. The Morgan fingerprint density at radius 1 is 1.53 bits per heavy atom. The largest absolute Gasteiger partial charge is 0.346 e. The molecule has 0 aromatic carbocycles. The van der Waals surface area contributed by atoms with Gasteiger partial charge < -0.3 is 10.7 Å². The lowest BCUT2D eigenvalue weighted by Gasteiger charge is -2.10. The third-order valence-corrected chi connectivity index (χ3v) is 2.58. The van der Waals surface area contributed by atoms with Crippen molar-refractivity contribution in [2.24, 2.45) is 5.84 Å². The molecular formula is C10H14N4O. The van der Waals surface area contributed by atoms with Crippen molar-refractivity contribution in [1.82, 2.24) is 10.3 Å². The van der Waals surface area contributed by atoms with Gasteiger partial charge in [-0.1, -0.05) is 0 Å². The molecular weight excluding hydrogens is 192 g/mol. The predicted octanol–water partition coefficient (Wildman–Crippen LogP) is 0.649. The summed E-state index contributed by atoms with van der Waals surface area (Å²) in [5.74, 6) is 5.07. The molecule has 1 saturated carbocycles. The molecule has 5 heteroatoms. The number of nitrogen functional groups attached to an aromatic ring is 1. The van der Waals surface area contributed by atoms with Gasteiger partial charge in [-0.15, -0.1) is 0 Å².